The highest BCUT2D eigenvalue weighted by Crippen LogP contribution is 2.31. The average Bonchev–Trinajstić information content (AvgIpc) is 3.24. The van der Waals surface area contributed by atoms with Gasteiger partial charge in [0, 0.05) is 15.8 Å². The molecule has 0 spiro atoms. The van der Waals surface area contributed by atoms with Gasteiger partial charge in [-0.25, -0.2) is 13.8 Å². The number of fused-ring (bicyclic) bond motifs is 3. The van der Waals surface area contributed by atoms with Crippen LogP contribution in [0.5, 0.6) is 5.75 Å². The Bertz CT molecular complexity index is 1650. The third kappa shape index (κ3) is 3.75. The van der Waals surface area contributed by atoms with E-state index < -0.39 is 23.0 Å². The molecule has 0 saturated carbocycles. The Labute approximate surface area is 196 Å². The molecule has 170 valence electrons. The fourth-order valence-electron chi connectivity index (χ4n) is 3.83. The Kier molecular flexibility index (Phi) is 5.46. The first-order chi connectivity index (χ1) is 16.5. The summed E-state index contributed by atoms with van der Waals surface area (Å²) in [4.78, 5) is 39.9. The van der Waals surface area contributed by atoms with Crippen LogP contribution in [0.2, 0.25) is 0 Å². The van der Waals surface area contributed by atoms with Crippen LogP contribution < -0.4 is 21.3 Å². The average molecular weight is 476 g/mol. The second kappa shape index (κ2) is 8.60. The van der Waals surface area contributed by atoms with E-state index in [2.05, 4.69) is 5.32 Å². The van der Waals surface area contributed by atoms with Gasteiger partial charge in [-0.3, -0.25) is 14.2 Å². The smallest absolute Gasteiger partial charge is 0.336 e. The molecule has 2 heterocycles. The van der Waals surface area contributed by atoms with E-state index in [1.807, 2.05) is 24.3 Å². The number of thiophene rings is 1. The van der Waals surface area contributed by atoms with E-state index in [4.69, 9.17) is 4.74 Å². The number of nitrogens with one attached hydrogen (secondary N) is 1. The minimum absolute atomic E-state index is 0.329. The number of carbonyl (C=O) groups is 1. The molecule has 0 radical (unpaired) electrons. The quantitative estimate of drug-likeness (QED) is 0.414. The molecule has 2 aromatic heterocycles. The Morgan fingerprint density at radius 2 is 1.71 bits per heavy atom. The van der Waals surface area contributed by atoms with Crippen LogP contribution in [0, 0.1) is 5.82 Å². The monoisotopic (exact) mass is 475 g/mol. The fraction of sp³-hybridized carbons (Fsp3) is 0.0800. The Morgan fingerprint density at radius 3 is 2.41 bits per heavy atom. The topological polar surface area (TPSA) is 82.3 Å². The summed E-state index contributed by atoms with van der Waals surface area (Å²) in [5.74, 6) is -0.323. The number of carbonyl (C=O) groups excluding carboxylic acids is 1. The summed E-state index contributed by atoms with van der Waals surface area (Å²) in [6.07, 6.45) is 0. The number of hydrogen-bond donors (Lipinski definition) is 1. The molecule has 0 unspecified atom stereocenters. The van der Waals surface area contributed by atoms with Gasteiger partial charge in [-0.2, -0.15) is 0 Å². The fourth-order valence-corrected chi connectivity index (χ4v) is 4.97. The molecule has 0 aliphatic rings. The van der Waals surface area contributed by atoms with Crippen LogP contribution in [0.4, 0.5) is 10.1 Å². The molecule has 0 bridgehead atoms. The number of benzene rings is 3. The van der Waals surface area contributed by atoms with Gasteiger partial charge in [-0.1, -0.05) is 18.2 Å². The number of anilines is 1. The molecule has 1 amide bonds. The molecule has 0 aliphatic carbocycles. The summed E-state index contributed by atoms with van der Waals surface area (Å²) in [5, 5.41) is 3.39. The number of amides is 1. The Morgan fingerprint density at radius 1 is 1.00 bits per heavy atom. The van der Waals surface area contributed by atoms with Crippen molar-refractivity contribution in [3.63, 3.8) is 0 Å². The maximum absolute atomic E-state index is 13.6. The van der Waals surface area contributed by atoms with Gasteiger partial charge in [-0.15, -0.1) is 11.3 Å². The lowest BCUT2D eigenvalue weighted by Gasteiger charge is -2.13. The minimum atomic E-state index is -0.638. The number of aromatic nitrogens is 2. The molecule has 34 heavy (non-hydrogen) atoms. The molecule has 9 heteroatoms. The maximum Gasteiger partial charge on any atom is 0.336 e. The van der Waals surface area contributed by atoms with Crippen molar-refractivity contribution >= 4 is 43.2 Å². The number of methoxy groups -OCH3 is 1. The van der Waals surface area contributed by atoms with Crippen molar-refractivity contribution < 1.29 is 13.9 Å². The highest BCUT2D eigenvalue weighted by Gasteiger charge is 2.21. The number of ether oxygens (including phenoxy) is 1. The van der Waals surface area contributed by atoms with Crippen LogP contribution in [0.3, 0.4) is 0 Å². The van der Waals surface area contributed by atoms with E-state index in [1.54, 1.807) is 24.3 Å². The third-order valence-electron chi connectivity index (χ3n) is 5.42. The Hall–Kier alpha value is -4.24. The zero-order valence-corrected chi connectivity index (χ0v) is 18.8. The second-order valence-corrected chi connectivity index (χ2v) is 8.59. The molecule has 0 saturated heterocycles. The lowest BCUT2D eigenvalue weighted by atomic mass is 10.2. The van der Waals surface area contributed by atoms with Crippen molar-refractivity contribution in [1.29, 1.82) is 0 Å². The molecular formula is C25H18FN3O4S. The van der Waals surface area contributed by atoms with Crippen molar-refractivity contribution in [3.05, 3.63) is 99.5 Å². The Balaban J connectivity index is 1.69. The first-order valence-electron chi connectivity index (χ1n) is 10.3. The predicted molar refractivity (Wildman–Crippen MR) is 131 cm³/mol. The second-order valence-electron chi connectivity index (χ2n) is 7.54. The van der Waals surface area contributed by atoms with Crippen LogP contribution >= 0.6 is 11.3 Å². The van der Waals surface area contributed by atoms with Gasteiger partial charge < -0.3 is 10.1 Å². The summed E-state index contributed by atoms with van der Waals surface area (Å²) in [5.41, 5.74) is 0.0776. The lowest BCUT2D eigenvalue weighted by molar-refractivity contribution is -0.116. The minimum Gasteiger partial charge on any atom is -0.497 e. The standard InChI is InChI=1S/C25H18FN3O4S/c1-33-18-12-10-17(11-13-18)29-24(31)23-22(19-4-2-3-5-20(19)34-23)28(25(29)32)14-21(30)27-16-8-6-15(26)7-9-16/h2-13H,14H2,1H3,(H,27,30). The molecule has 3 aromatic carbocycles. The van der Waals surface area contributed by atoms with E-state index in [9.17, 15) is 18.8 Å². The first-order valence-corrected chi connectivity index (χ1v) is 11.1. The van der Waals surface area contributed by atoms with Crippen LogP contribution in [-0.2, 0) is 11.3 Å². The summed E-state index contributed by atoms with van der Waals surface area (Å²) in [7, 11) is 1.52. The zero-order valence-electron chi connectivity index (χ0n) is 17.9. The SMILES string of the molecule is COc1ccc(-n2c(=O)c3sc4ccccc4c3n(CC(=O)Nc3ccc(F)cc3)c2=O)cc1. The number of hydrogen-bond acceptors (Lipinski definition) is 5. The summed E-state index contributed by atoms with van der Waals surface area (Å²) in [6, 6.07) is 19.2. The van der Waals surface area contributed by atoms with E-state index >= 15 is 0 Å². The van der Waals surface area contributed by atoms with Gasteiger partial charge >= 0.3 is 5.69 Å². The van der Waals surface area contributed by atoms with Crippen molar-refractivity contribution in [2.45, 2.75) is 6.54 Å². The van der Waals surface area contributed by atoms with Crippen molar-refractivity contribution in [2.75, 3.05) is 12.4 Å². The van der Waals surface area contributed by atoms with Crippen LogP contribution in [-0.4, -0.2) is 22.2 Å². The van der Waals surface area contributed by atoms with E-state index in [1.165, 1.54) is 47.3 Å². The van der Waals surface area contributed by atoms with Gasteiger partial charge in [-0.05, 0) is 54.6 Å². The third-order valence-corrected chi connectivity index (χ3v) is 6.57. The van der Waals surface area contributed by atoms with E-state index in [-0.39, 0.29) is 6.54 Å². The first kappa shape index (κ1) is 21.6. The molecule has 0 fully saturated rings. The van der Waals surface area contributed by atoms with Gasteiger partial charge in [0.1, 0.15) is 22.8 Å². The van der Waals surface area contributed by atoms with E-state index in [0.717, 1.165) is 9.27 Å². The summed E-state index contributed by atoms with van der Waals surface area (Å²) in [6.45, 7) is -0.329. The normalized spacial score (nSPS) is 11.1. The zero-order chi connectivity index (χ0) is 23.8. The lowest BCUT2D eigenvalue weighted by Crippen LogP contribution is -2.40. The van der Waals surface area contributed by atoms with E-state index in [0.29, 0.717) is 32.7 Å². The van der Waals surface area contributed by atoms with Crippen molar-refractivity contribution in [2.24, 2.45) is 0 Å². The highest BCUT2D eigenvalue weighted by atomic mass is 32.1. The number of nitrogens with zero attached hydrogens (tertiary/aromatic N) is 2. The molecule has 7 nitrogen and oxygen atoms in total. The molecule has 5 aromatic rings. The van der Waals surface area contributed by atoms with Crippen molar-refractivity contribution in [3.8, 4) is 11.4 Å². The molecule has 0 atom stereocenters. The van der Waals surface area contributed by atoms with Gasteiger partial charge in [0.05, 0.1) is 18.3 Å². The number of halogens is 1. The molecule has 5 rings (SSSR count). The largest absolute Gasteiger partial charge is 0.497 e. The predicted octanol–water partition coefficient (Wildman–Crippen LogP) is 4.15. The summed E-state index contributed by atoms with van der Waals surface area (Å²) < 4.78 is 21.9. The maximum atomic E-state index is 13.6. The number of rotatable bonds is 5. The molecule has 1 N–H and O–H groups in total. The summed E-state index contributed by atoms with van der Waals surface area (Å²) >= 11 is 1.27. The van der Waals surface area contributed by atoms with Gasteiger partial charge in [0.15, 0.2) is 0 Å². The highest BCUT2D eigenvalue weighted by molar-refractivity contribution is 7.25. The van der Waals surface area contributed by atoms with Crippen LogP contribution in [0.25, 0.3) is 26.0 Å². The van der Waals surface area contributed by atoms with Crippen LogP contribution in [0.15, 0.2) is 82.4 Å². The van der Waals surface area contributed by atoms with Crippen molar-refractivity contribution in [1.82, 2.24) is 9.13 Å². The van der Waals surface area contributed by atoms with Gasteiger partial charge in [0.2, 0.25) is 5.91 Å². The molecular weight excluding hydrogens is 457 g/mol. The molecule has 0 aliphatic heterocycles. The van der Waals surface area contributed by atoms with Crippen LogP contribution in [0.1, 0.15) is 0 Å². The van der Waals surface area contributed by atoms with Gasteiger partial charge in [0.25, 0.3) is 5.56 Å².